The molecule has 0 unspecified atom stereocenters. The molecule has 0 saturated carbocycles. The summed E-state index contributed by atoms with van der Waals surface area (Å²) in [5, 5.41) is 6.25. The average molecular weight is 136 g/mol. The maximum atomic E-state index is 6.25. The Kier molecular flexibility index (Phi) is 180000. The van der Waals surface area contributed by atoms with Gasteiger partial charge in [-0.3, -0.25) is 0 Å². The summed E-state index contributed by atoms with van der Waals surface area (Å²) < 4.78 is 0. The van der Waals surface area contributed by atoms with Crippen LogP contribution in [-0.2, 0) is 17.1 Å². The van der Waals surface area contributed by atoms with Crippen LogP contribution in [0, 0.1) is 11.8 Å². The van der Waals surface area contributed by atoms with Gasteiger partial charge < -0.3 is 28.3 Å². The van der Waals surface area contributed by atoms with Crippen LogP contribution in [0.25, 0.3) is 0 Å². The Morgan fingerprint density at radius 2 is 0.833 bits per heavy atom. The van der Waals surface area contributed by atoms with Gasteiger partial charge in [-0.05, 0) is 0 Å². The standard InChI is InChI=1S/CN.Fe.3H2O/c1-2;;;;/h;;3*1H2/q-1;;;;. The molecular weight excluding hydrogens is 130 g/mol. The molecule has 0 amide bonds. The molecule has 0 bridgehead atoms. The van der Waals surface area contributed by atoms with Crippen LogP contribution in [0.4, 0.5) is 0 Å². The van der Waals surface area contributed by atoms with E-state index in [0.717, 1.165) is 0 Å². The Morgan fingerprint density at radius 1 is 0.833 bits per heavy atom. The van der Waals surface area contributed by atoms with Gasteiger partial charge in [-0.25, -0.2) is 0 Å². The smallest absolute Gasteiger partial charge is 0 e. The van der Waals surface area contributed by atoms with Crippen molar-refractivity contribution < 1.29 is 33.5 Å². The van der Waals surface area contributed by atoms with Gasteiger partial charge >= 0.3 is 0 Å². The molecule has 6 heavy (non-hydrogen) atoms. The van der Waals surface area contributed by atoms with Crippen molar-refractivity contribution in [2.75, 3.05) is 0 Å². The first kappa shape index (κ1) is 178. The summed E-state index contributed by atoms with van der Waals surface area (Å²) in [6.07, 6.45) is 0. The minimum absolute atomic E-state index is 0. The summed E-state index contributed by atoms with van der Waals surface area (Å²) in [7, 11) is 0. The first-order valence-corrected chi connectivity index (χ1v) is 0.224. The van der Waals surface area contributed by atoms with Crippen molar-refractivity contribution >= 4 is 0 Å². The molecule has 6 N–H and O–H groups in total. The van der Waals surface area contributed by atoms with E-state index in [1.54, 1.807) is 0 Å². The molecule has 0 aromatic heterocycles. The maximum Gasteiger partial charge on any atom is 0 e. The molecule has 0 rings (SSSR count). The van der Waals surface area contributed by atoms with Gasteiger partial charge in [0.1, 0.15) is 0 Å². The molecule has 0 fully saturated rings. The number of rotatable bonds is 0. The Labute approximate surface area is 46.2 Å². The molecule has 0 aromatic rings. The summed E-state index contributed by atoms with van der Waals surface area (Å²) in [6, 6.07) is 0. The third-order valence-electron chi connectivity index (χ3n) is 0. The largest absolute Gasteiger partial charge is 0.512 e. The first-order valence-electron chi connectivity index (χ1n) is 0.224. The molecule has 0 saturated heterocycles. The summed E-state index contributed by atoms with van der Waals surface area (Å²) >= 11 is 0. The van der Waals surface area contributed by atoms with Crippen LogP contribution in [0.2, 0.25) is 0 Å². The second kappa shape index (κ2) is 6060. The molecule has 5 heteroatoms. The zero-order valence-electron chi connectivity index (χ0n) is 2.80. The predicted octanol–water partition coefficient (Wildman–Crippen LogP) is -2.38. The van der Waals surface area contributed by atoms with Crippen LogP contribution in [0.5, 0.6) is 0 Å². The molecule has 4 nitrogen and oxygen atoms in total. The quantitative estimate of drug-likeness (QED) is 0.268. The van der Waals surface area contributed by atoms with Crippen molar-refractivity contribution in [3.8, 4) is 0 Å². The molecule has 0 atom stereocenters. The van der Waals surface area contributed by atoms with Crippen LogP contribution in [0.3, 0.4) is 0 Å². The summed E-state index contributed by atoms with van der Waals surface area (Å²) in [5.41, 5.74) is 0. The van der Waals surface area contributed by atoms with Crippen molar-refractivity contribution in [1.82, 2.24) is 0 Å². The van der Waals surface area contributed by atoms with Crippen molar-refractivity contribution in [1.29, 1.82) is 5.26 Å². The van der Waals surface area contributed by atoms with Crippen molar-refractivity contribution in [3.05, 3.63) is 6.57 Å². The van der Waals surface area contributed by atoms with Gasteiger partial charge in [0.05, 0.1) is 0 Å². The topological polar surface area (TPSA) is 118 Å². The second-order valence-corrected chi connectivity index (χ2v) is 0. The third kappa shape index (κ3) is 2660. The normalized spacial score (nSPS) is 0.333. The van der Waals surface area contributed by atoms with Gasteiger partial charge in [0.2, 0.25) is 0 Å². The van der Waals surface area contributed by atoms with Gasteiger partial charge in [-0.1, -0.05) is 0 Å². The van der Waals surface area contributed by atoms with Gasteiger partial charge in [-0.15, -0.1) is 0 Å². The summed E-state index contributed by atoms with van der Waals surface area (Å²) in [5.74, 6) is 0. The molecule has 0 aliphatic heterocycles. The van der Waals surface area contributed by atoms with Gasteiger partial charge in [0.15, 0.2) is 0 Å². The fourth-order valence-electron chi connectivity index (χ4n) is 0. The van der Waals surface area contributed by atoms with E-state index in [2.05, 4.69) is 0 Å². The molecule has 42 valence electrons. The second-order valence-electron chi connectivity index (χ2n) is 0. The molecule has 0 aromatic carbocycles. The molecule has 0 heterocycles. The number of nitrogens with zero attached hydrogens (tertiary/aromatic N) is 1. The van der Waals surface area contributed by atoms with E-state index in [4.69, 9.17) is 11.8 Å². The summed E-state index contributed by atoms with van der Waals surface area (Å²) in [6.45, 7) is 4.75. The minimum atomic E-state index is 0. The fourth-order valence-corrected chi connectivity index (χ4v) is 0. The monoisotopic (exact) mass is 136 g/mol. The molecular formula is CH6FeNO3-. The van der Waals surface area contributed by atoms with Crippen LogP contribution in [0.1, 0.15) is 0 Å². The molecule has 0 aliphatic rings. The maximum absolute atomic E-state index is 6.25. The van der Waals surface area contributed by atoms with Crippen LogP contribution >= 0.6 is 0 Å². The Balaban J connectivity index is -0.000000000833. The van der Waals surface area contributed by atoms with E-state index in [-0.39, 0.29) is 33.5 Å². The SMILES string of the molecule is O.O.O.[C-]#N.[Fe]. The van der Waals surface area contributed by atoms with Gasteiger partial charge in [0, 0.05) is 17.1 Å². The Morgan fingerprint density at radius 3 is 0.833 bits per heavy atom. The van der Waals surface area contributed by atoms with E-state index in [0.29, 0.717) is 0 Å². The van der Waals surface area contributed by atoms with Crippen molar-refractivity contribution in [2.45, 2.75) is 0 Å². The molecule has 0 aliphatic carbocycles. The van der Waals surface area contributed by atoms with Crippen molar-refractivity contribution in [3.63, 3.8) is 0 Å². The Hall–Kier alpha value is -0.111. The van der Waals surface area contributed by atoms with E-state index in [1.807, 2.05) is 0 Å². The van der Waals surface area contributed by atoms with Gasteiger partial charge in [0.25, 0.3) is 0 Å². The van der Waals surface area contributed by atoms with Crippen LogP contribution in [-0.4, -0.2) is 16.4 Å². The Bertz CT molecular complexity index is 15.5. The third-order valence-corrected chi connectivity index (χ3v) is 0. The van der Waals surface area contributed by atoms with E-state index in [9.17, 15) is 0 Å². The predicted molar refractivity (Wildman–Crippen MR) is 15.8 cm³/mol. The average Bonchev–Trinajstić information content (AvgIpc) is 1.00. The zero-order chi connectivity index (χ0) is 2.00. The van der Waals surface area contributed by atoms with Crippen LogP contribution in [0.15, 0.2) is 0 Å². The number of hydrogen-bond acceptors (Lipinski definition) is 1. The van der Waals surface area contributed by atoms with Crippen molar-refractivity contribution in [2.24, 2.45) is 0 Å². The number of hydrogen-bond donors (Lipinski definition) is 0. The van der Waals surface area contributed by atoms with E-state index < -0.39 is 0 Å². The minimum Gasteiger partial charge on any atom is -0.512 e. The summed E-state index contributed by atoms with van der Waals surface area (Å²) in [4.78, 5) is 0. The van der Waals surface area contributed by atoms with E-state index in [1.165, 1.54) is 0 Å². The fraction of sp³-hybridized carbons (Fsp3) is 0. The van der Waals surface area contributed by atoms with Gasteiger partial charge in [-0.2, -0.15) is 0 Å². The van der Waals surface area contributed by atoms with Crippen LogP contribution < -0.4 is 0 Å². The zero-order valence-corrected chi connectivity index (χ0v) is 3.90. The van der Waals surface area contributed by atoms with E-state index >= 15 is 0 Å². The molecule has 0 spiro atoms. The first-order chi connectivity index (χ1) is 1.00. The molecule has 0 radical (unpaired) electrons.